The first kappa shape index (κ1) is 12.7. The molecule has 6 heteroatoms. The van der Waals surface area contributed by atoms with Crippen LogP contribution in [0.2, 0.25) is 5.02 Å². The Bertz CT molecular complexity index is 554. The van der Waals surface area contributed by atoms with Gasteiger partial charge in [0.15, 0.2) is 0 Å². The molecule has 1 aliphatic rings. The van der Waals surface area contributed by atoms with Crippen LogP contribution in [-0.2, 0) is 6.61 Å². The van der Waals surface area contributed by atoms with Gasteiger partial charge in [0, 0.05) is 23.7 Å². The van der Waals surface area contributed by atoms with Gasteiger partial charge in [0.05, 0.1) is 11.7 Å². The summed E-state index contributed by atoms with van der Waals surface area (Å²) in [6.07, 6.45) is 2.42. The van der Waals surface area contributed by atoms with E-state index in [1.165, 1.54) is 24.6 Å². The van der Waals surface area contributed by atoms with Crippen molar-refractivity contribution >= 4 is 29.1 Å². The van der Waals surface area contributed by atoms with Gasteiger partial charge in [0.25, 0.3) is 5.88 Å². The van der Waals surface area contributed by atoms with E-state index in [1.54, 1.807) is 0 Å². The fourth-order valence-electron chi connectivity index (χ4n) is 2.15. The van der Waals surface area contributed by atoms with Gasteiger partial charge in [-0.05, 0) is 18.9 Å². The quantitative estimate of drug-likeness (QED) is 0.867. The van der Waals surface area contributed by atoms with Crippen LogP contribution in [-0.4, -0.2) is 21.8 Å². The number of benzene rings is 1. The van der Waals surface area contributed by atoms with Gasteiger partial charge in [-0.3, -0.25) is 0 Å². The molecule has 1 saturated heterocycles. The van der Waals surface area contributed by atoms with Gasteiger partial charge in [0.1, 0.15) is 6.61 Å². The molecule has 2 aromatic rings. The van der Waals surface area contributed by atoms with Crippen LogP contribution < -0.4 is 9.64 Å². The molecule has 0 unspecified atom stereocenters. The monoisotopic (exact) mass is 295 g/mol. The van der Waals surface area contributed by atoms with Crippen molar-refractivity contribution in [3.63, 3.8) is 0 Å². The Balaban J connectivity index is 1.70. The SMILES string of the molecule is Clc1ccccc1COc1nsnc1N1CCCC1. The summed E-state index contributed by atoms with van der Waals surface area (Å²) in [4.78, 5) is 2.23. The molecule has 0 N–H and O–H groups in total. The highest BCUT2D eigenvalue weighted by molar-refractivity contribution is 6.99. The smallest absolute Gasteiger partial charge is 0.271 e. The molecule has 0 radical (unpaired) electrons. The van der Waals surface area contributed by atoms with Gasteiger partial charge < -0.3 is 9.64 Å². The Morgan fingerprint density at radius 1 is 1.21 bits per heavy atom. The second-order valence-electron chi connectivity index (χ2n) is 4.47. The van der Waals surface area contributed by atoms with Crippen LogP contribution in [0.5, 0.6) is 5.88 Å². The predicted octanol–water partition coefficient (Wildman–Crippen LogP) is 3.37. The summed E-state index contributed by atoms with van der Waals surface area (Å²) in [6, 6.07) is 7.68. The molecule has 2 heterocycles. The molecular weight excluding hydrogens is 282 g/mol. The largest absolute Gasteiger partial charge is 0.469 e. The summed E-state index contributed by atoms with van der Waals surface area (Å²) >= 11 is 7.30. The zero-order valence-corrected chi connectivity index (χ0v) is 12.0. The molecule has 0 aliphatic carbocycles. The lowest BCUT2D eigenvalue weighted by Crippen LogP contribution is -2.18. The van der Waals surface area contributed by atoms with Crippen molar-refractivity contribution in [2.24, 2.45) is 0 Å². The van der Waals surface area contributed by atoms with Crippen molar-refractivity contribution in [2.75, 3.05) is 18.0 Å². The Hall–Kier alpha value is -1.33. The average molecular weight is 296 g/mol. The molecule has 0 amide bonds. The van der Waals surface area contributed by atoms with Crippen molar-refractivity contribution in [3.05, 3.63) is 34.9 Å². The highest BCUT2D eigenvalue weighted by Gasteiger charge is 2.20. The maximum absolute atomic E-state index is 6.11. The normalized spacial score (nSPS) is 14.9. The molecule has 4 nitrogen and oxygen atoms in total. The van der Waals surface area contributed by atoms with Gasteiger partial charge in [-0.15, -0.1) is 4.37 Å². The van der Waals surface area contributed by atoms with E-state index in [0.29, 0.717) is 17.5 Å². The number of nitrogens with zero attached hydrogens (tertiary/aromatic N) is 3. The number of anilines is 1. The maximum atomic E-state index is 6.11. The predicted molar refractivity (Wildman–Crippen MR) is 77.1 cm³/mol. The second-order valence-corrected chi connectivity index (χ2v) is 5.40. The maximum Gasteiger partial charge on any atom is 0.271 e. The van der Waals surface area contributed by atoms with E-state index >= 15 is 0 Å². The van der Waals surface area contributed by atoms with E-state index in [9.17, 15) is 0 Å². The number of hydrogen-bond donors (Lipinski definition) is 0. The molecule has 0 bridgehead atoms. The van der Waals surface area contributed by atoms with Gasteiger partial charge in [-0.2, -0.15) is 4.37 Å². The molecule has 19 heavy (non-hydrogen) atoms. The van der Waals surface area contributed by atoms with Crippen LogP contribution in [0, 0.1) is 0 Å². The Morgan fingerprint density at radius 3 is 2.79 bits per heavy atom. The molecule has 0 atom stereocenters. The van der Waals surface area contributed by atoms with Crippen LogP contribution in [0.25, 0.3) is 0 Å². The van der Waals surface area contributed by atoms with E-state index in [1.807, 2.05) is 24.3 Å². The third kappa shape index (κ3) is 2.82. The summed E-state index contributed by atoms with van der Waals surface area (Å²) < 4.78 is 14.3. The zero-order valence-electron chi connectivity index (χ0n) is 10.4. The molecule has 0 spiro atoms. The molecule has 1 aromatic carbocycles. The Morgan fingerprint density at radius 2 is 2.00 bits per heavy atom. The molecular formula is C13H14ClN3OS. The molecule has 1 aromatic heterocycles. The van der Waals surface area contributed by atoms with Crippen LogP contribution in [0.15, 0.2) is 24.3 Å². The van der Waals surface area contributed by atoms with Crippen molar-refractivity contribution in [1.29, 1.82) is 0 Å². The molecule has 1 aliphatic heterocycles. The summed E-state index contributed by atoms with van der Waals surface area (Å²) in [5, 5.41) is 0.716. The van der Waals surface area contributed by atoms with E-state index < -0.39 is 0 Å². The summed E-state index contributed by atoms with van der Waals surface area (Å²) in [7, 11) is 0. The first-order valence-electron chi connectivity index (χ1n) is 6.28. The van der Waals surface area contributed by atoms with Gasteiger partial charge in [-0.1, -0.05) is 29.8 Å². The minimum Gasteiger partial charge on any atom is -0.469 e. The minimum atomic E-state index is 0.423. The molecule has 1 fully saturated rings. The second kappa shape index (κ2) is 5.75. The number of halogens is 1. The van der Waals surface area contributed by atoms with Gasteiger partial charge >= 0.3 is 0 Å². The Labute approximate surface area is 121 Å². The van der Waals surface area contributed by atoms with Crippen molar-refractivity contribution in [1.82, 2.24) is 8.75 Å². The van der Waals surface area contributed by atoms with E-state index in [-0.39, 0.29) is 0 Å². The number of aromatic nitrogens is 2. The summed E-state index contributed by atoms with van der Waals surface area (Å²) in [5.41, 5.74) is 0.963. The van der Waals surface area contributed by atoms with Crippen molar-refractivity contribution in [2.45, 2.75) is 19.4 Å². The zero-order chi connectivity index (χ0) is 13.1. The van der Waals surface area contributed by atoms with Gasteiger partial charge in [0.2, 0.25) is 5.82 Å². The first-order chi connectivity index (χ1) is 9.34. The van der Waals surface area contributed by atoms with E-state index in [0.717, 1.165) is 24.5 Å². The first-order valence-corrected chi connectivity index (χ1v) is 7.39. The summed E-state index contributed by atoms with van der Waals surface area (Å²) in [6.45, 7) is 2.49. The third-order valence-electron chi connectivity index (χ3n) is 3.17. The fourth-order valence-corrected chi connectivity index (χ4v) is 2.86. The number of rotatable bonds is 4. The summed E-state index contributed by atoms with van der Waals surface area (Å²) in [5.74, 6) is 1.49. The van der Waals surface area contributed by atoms with E-state index in [4.69, 9.17) is 16.3 Å². The number of hydrogen-bond acceptors (Lipinski definition) is 5. The Kier molecular flexibility index (Phi) is 3.84. The standard InChI is InChI=1S/C13H14ClN3OS/c14-11-6-2-1-5-10(11)9-18-13-12(15-19-16-13)17-7-3-4-8-17/h1-2,5-6H,3-4,7-9H2. The highest BCUT2D eigenvalue weighted by Crippen LogP contribution is 2.29. The van der Waals surface area contributed by atoms with Crippen molar-refractivity contribution < 1.29 is 4.74 Å². The minimum absolute atomic E-state index is 0.423. The van der Waals surface area contributed by atoms with Crippen LogP contribution in [0.4, 0.5) is 5.82 Å². The van der Waals surface area contributed by atoms with Crippen LogP contribution in [0.3, 0.4) is 0 Å². The lowest BCUT2D eigenvalue weighted by Gasteiger charge is -2.15. The highest BCUT2D eigenvalue weighted by atomic mass is 35.5. The molecule has 100 valence electrons. The van der Waals surface area contributed by atoms with Crippen LogP contribution in [0.1, 0.15) is 18.4 Å². The number of ether oxygens (including phenoxy) is 1. The van der Waals surface area contributed by atoms with Crippen LogP contribution >= 0.6 is 23.3 Å². The molecule has 0 saturated carbocycles. The van der Waals surface area contributed by atoms with E-state index in [2.05, 4.69) is 13.6 Å². The lowest BCUT2D eigenvalue weighted by molar-refractivity contribution is 0.297. The fraction of sp³-hybridized carbons (Fsp3) is 0.385. The molecule has 3 rings (SSSR count). The third-order valence-corrected chi connectivity index (χ3v) is 4.04. The average Bonchev–Trinajstić information content (AvgIpc) is 3.08. The lowest BCUT2D eigenvalue weighted by atomic mass is 10.2. The van der Waals surface area contributed by atoms with Crippen molar-refractivity contribution in [3.8, 4) is 5.88 Å². The van der Waals surface area contributed by atoms with Gasteiger partial charge in [-0.25, -0.2) is 0 Å². The topological polar surface area (TPSA) is 38.3 Å².